The van der Waals surface area contributed by atoms with Crippen LogP contribution in [0, 0.1) is 11.8 Å². The number of piperidine rings is 1. The Morgan fingerprint density at radius 2 is 2.05 bits per heavy atom. The number of hydrogen-bond acceptors (Lipinski definition) is 1. The Labute approximate surface area is 115 Å². The molecule has 0 saturated carbocycles. The largest absolute Gasteiger partial charge is 0.342 e. The number of carbonyl (C=O) groups excluding carboxylic acids is 1. The highest BCUT2D eigenvalue weighted by atomic mass is 16.2. The zero-order valence-electron chi connectivity index (χ0n) is 11.3. The molecule has 0 aromatic heterocycles. The van der Waals surface area contributed by atoms with E-state index in [1.54, 1.807) is 0 Å². The van der Waals surface area contributed by atoms with Crippen LogP contribution in [0.1, 0.15) is 24.8 Å². The topological polar surface area (TPSA) is 20.3 Å². The van der Waals surface area contributed by atoms with E-state index in [4.69, 9.17) is 0 Å². The number of rotatable bonds is 3. The fourth-order valence-corrected chi connectivity index (χ4v) is 3.25. The van der Waals surface area contributed by atoms with Gasteiger partial charge < -0.3 is 4.90 Å². The van der Waals surface area contributed by atoms with E-state index in [1.807, 2.05) is 6.07 Å². The number of hydrogen-bond donors (Lipinski definition) is 0. The molecule has 1 aliphatic carbocycles. The minimum Gasteiger partial charge on any atom is -0.342 e. The Hall–Kier alpha value is -1.57. The fourth-order valence-electron chi connectivity index (χ4n) is 3.25. The lowest BCUT2D eigenvalue weighted by Gasteiger charge is -2.38. The smallest absolute Gasteiger partial charge is 0.223 e. The zero-order chi connectivity index (χ0) is 13.1. The highest BCUT2D eigenvalue weighted by Crippen LogP contribution is 2.32. The first-order valence-electron chi connectivity index (χ1n) is 7.31. The number of fused-ring (bicyclic) bond motifs is 1. The molecule has 0 bridgehead atoms. The lowest BCUT2D eigenvalue weighted by molar-refractivity contribution is -0.136. The van der Waals surface area contributed by atoms with E-state index in [2.05, 4.69) is 41.3 Å². The van der Waals surface area contributed by atoms with Crippen LogP contribution in [0.5, 0.6) is 0 Å². The van der Waals surface area contributed by atoms with E-state index in [1.165, 1.54) is 18.4 Å². The monoisotopic (exact) mass is 255 g/mol. The van der Waals surface area contributed by atoms with Gasteiger partial charge in [0.05, 0.1) is 0 Å². The third-order valence-electron chi connectivity index (χ3n) is 4.42. The Bertz CT molecular complexity index is 465. The SMILES string of the molecule is O=C1C[C@@H]2C=CCC[C@@H]2CN1CCc1ccccc1. The maximum absolute atomic E-state index is 12.2. The highest BCUT2D eigenvalue weighted by molar-refractivity contribution is 5.77. The van der Waals surface area contributed by atoms with Crippen molar-refractivity contribution in [3.05, 3.63) is 48.0 Å². The van der Waals surface area contributed by atoms with E-state index in [0.717, 1.165) is 25.9 Å². The van der Waals surface area contributed by atoms with Crippen LogP contribution < -0.4 is 0 Å². The van der Waals surface area contributed by atoms with E-state index in [-0.39, 0.29) is 0 Å². The molecule has 19 heavy (non-hydrogen) atoms. The van der Waals surface area contributed by atoms with E-state index in [0.29, 0.717) is 17.7 Å². The molecule has 1 aliphatic heterocycles. The maximum Gasteiger partial charge on any atom is 0.223 e. The third-order valence-corrected chi connectivity index (χ3v) is 4.42. The molecular formula is C17H21NO. The first-order valence-corrected chi connectivity index (χ1v) is 7.31. The molecule has 2 nitrogen and oxygen atoms in total. The van der Waals surface area contributed by atoms with Gasteiger partial charge >= 0.3 is 0 Å². The Balaban J connectivity index is 1.59. The summed E-state index contributed by atoms with van der Waals surface area (Å²) in [5, 5.41) is 0. The second kappa shape index (κ2) is 5.60. The second-order valence-corrected chi connectivity index (χ2v) is 5.71. The highest BCUT2D eigenvalue weighted by Gasteiger charge is 2.33. The lowest BCUT2D eigenvalue weighted by Crippen LogP contribution is -2.45. The van der Waals surface area contributed by atoms with Gasteiger partial charge in [-0.25, -0.2) is 0 Å². The predicted molar refractivity (Wildman–Crippen MR) is 76.7 cm³/mol. The number of amides is 1. The van der Waals surface area contributed by atoms with Gasteiger partial charge in [0.1, 0.15) is 0 Å². The molecule has 1 saturated heterocycles. The number of carbonyl (C=O) groups is 1. The molecule has 1 heterocycles. The zero-order valence-corrected chi connectivity index (χ0v) is 11.3. The number of nitrogens with zero attached hydrogens (tertiary/aromatic N) is 1. The molecule has 2 aliphatic rings. The Kier molecular flexibility index (Phi) is 3.67. The van der Waals surface area contributed by atoms with E-state index in [9.17, 15) is 4.79 Å². The Morgan fingerprint density at radius 1 is 1.21 bits per heavy atom. The number of benzene rings is 1. The maximum atomic E-state index is 12.2. The molecular weight excluding hydrogens is 234 g/mol. The van der Waals surface area contributed by atoms with Gasteiger partial charge in [-0.05, 0) is 36.7 Å². The van der Waals surface area contributed by atoms with Gasteiger partial charge in [0, 0.05) is 19.5 Å². The summed E-state index contributed by atoms with van der Waals surface area (Å²) < 4.78 is 0. The molecule has 2 atom stereocenters. The molecule has 0 spiro atoms. The van der Waals surface area contributed by atoms with Crippen molar-refractivity contribution >= 4 is 5.91 Å². The van der Waals surface area contributed by atoms with Crippen LogP contribution in [0.4, 0.5) is 0 Å². The quantitative estimate of drug-likeness (QED) is 0.760. The average molecular weight is 255 g/mol. The molecule has 0 radical (unpaired) electrons. The standard InChI is InChI=1S/C17H21NO/c19-17-12-15-8-4-5-9-16(15)13-18(17)11-10-14-6-2-1-3-7-14/h1-4,6-8,15-16H,5,9-13H2/t15-,16+/m0/s1. The van der Waals surface area contributed by atoms with Crippen LogP contribution in [0.15, 0.2) is 42.5 Å². The van der Waals surface area contributed by atoms with E-state index >= 15 is 0 Å². The molecule has 1 aromatic carbocycles. The first-order chi connectivity index (χ1) is 9.33. The van der Waals surface area contributed by atoms with Crippen molar-refractivity contribution in [1.29, 1.82) is 0 Å². The Morgan fingerprint density at radius 3 is 2.89 bits per heavy atom. The molecule has 0 unspecified atom stereocenters. The van der Waals surface area contributed by atoms with Crippen LogP contribution in [-0.2, 0) is 11.2 Å². The van der Waals surface area contributed by atoms with Gasteiger partial charge in [-0.2, -0.15) is 0 Å². The van der Waals surface area contributed by atoms with Gasteiger partial charge in [-0.15, -0.1) is 0 Å². The van der Waals surface area contributed by atoms with Crippen molar-refractivity contribution in [3.63, 3.8) is 0 Å². The van der Waals surface area contributed by atoms with E-state index < -0.39 is 0 Å². The fraction of sp³-hybridized carbons (Fsp3) is 0.471. The molecule has 1 aromatic rings. The van der Waals surface area contributed by atoms with Crippen LogP contribution in [0.2, 0.25) is 0 Å². The van der Waals surface area contributed by atoms with Crippen molar-refractivity contribution in [3.8, 4) is 0 Å². The number of likely N-dealkylation sites (tertiary alicyclic amines) is 1. The summed E-state index contributed by atoms with van der Waals surface area (Å²) in [6.07, 6.45) is 8.63. The van der Waals surface area contributed by atoms with Crippen molar-refractivity contribution in [2.75, 3.05) is 13.1 Å². The molecule has 3 rings (SSSR count). The average Bonchev–Trinajstić information content (AvgIpc) is 2.46. The van der Waals surface area contributed by atoms with Crippen LogP contribution >= 0.6 is 0 Å². The van der Waals surface area contributed by atoms with Crippen molar-refractivity contribution in [2.24, 2.45) is 11.8 Å². The van der Waals surface area contributed by atoms with Gasteiger partial charge in [-0.3, -0.25) is 4.79 Å². The van der Waals surface area contributed by atoms with Crippen LogP contribution in [0.25, 0.3) is 0 Å². The van der Waals surface area contributed by atoms with Crippen molar-refractivity contribution in [1.82, 2.24) is 4.90 Å². The lowest BCUT2D eigenvalue weighted by atomic mass is 9.79. The van der Waals surface area contributed by atoms with Crippen LogP contribution in [-0.4, -0.2) is 23.9 Å². The molecule has 0 N–H and O–H groups in total. The number of allylic oxidation sites excluding steroid dienone is 2. The molecule has 1 fully saturated rings. The van der Waals surface area contributed by atoms with Crippen LogP contribution in [0.3, 0.4) is 0 Å². The van der Waals surface area contributed by atoms with Gasteiger partial charge in [0.15, 0.2) is 0 Å². The molecule has 2 heteroatoms. The summed E-state index contributed by atoms with van der Waals surface area (Å²) in [5.41, 5.74) is 1.32. The third kappa shape index (κ3) is 2.89. The van der Waals surface area contributed by atoms with Gasteiger partial charge in [0.25, 0.3) is 0 Å². The minimum atomic E-state index is 0.337. The molecule has 100 valence electrons. The van der Waals surface area contributed by atoms with Crippen molar-refractivity contribution < 1.29 is 4.79 Å². The predicted octanol–water partition coefficient (Wildman–Crippen LogP) is 3.04. The van der Waals surface area contributed by atoms with Gasteiger partial charge in [0.2, 0.25) is 5.91 Å². The molecule has 1 amide bonds. The normalized spacial score (nSPS) is 26.3. The summed E-state index contributed by atoms with van der Waals surface area (Å²) in [6, 6.07) is 10.4. The minimum absolute atomic E-state index is 0.337. The summed E-state index contributed by atoms with van der Waals surface area (Å²) in [6.45, 7) is 1.83. The summed E-state index contributed by atoms with van der Waals surface area (Å²) >= 11 is 0. The second-order valence-electron chi connectivity index (χ2n) is 5.71. The summed E-state index contributed by atoms with van der Waals surface area (Å²) in [7, 11) is 0. The summed E-state index contributed by atoms with van der Waals surface area (Å²) in [4.78, 5) is 14.2. The van der Waals surface area contributed by atoms with Crippen molar-refractivity contribution in [2.45, 2.75) is 25.7 Å². The summed E-state index contributed by atoms with van der Waals surface area (Å²) in [5.74, 6) is 1.54. The first kappa shape index (κ1) is 12.5. The van der Waals surface area contributed by atoms with Gasteiger partial charge in [-0.1, -0.05) is 42.5 Å².